The van der Waals surface area contributed by atoms with Crippen molar-refractivity contribution in [1.29, 1.82) is 0 Å². The lowest BCUT2D eigenvalue weighted by atomic mass is 9.66. The molecule has 2 bridgehead atoms. The van der Waals surface area contributed by atoms with Crippen LogP contribution in [0.2, 0.25) is 0 Å². The molecule has 4 aliphatic rings. The van der Waals surface area contributed by atoms with Gasteiger partial charge in [-0.2, -0.15) is 0 Å². The maximum absolute atomic E-state index is 12.1. The number of carbonyl (C=O) groups excluding carboxylic acids is 2. The first-order valence-electron chi connectivity index (χ1n) is 15.0. The number of aliphatic hydroxyl groups excluding tert-OH is 1. The van der Waals surface area contributed by atoms with E-state index in [1.54, 1.807) is 7.11 Å². The molecule has 8 heteroatoms. The van der Waals surface area contributed by atoms with Gasteiger partial charge in [0.05, 0.1) is 18.4 Å². The Balaban J connectivity index is 1.46. The van der Waals surface area contributed by atoms with E-state index in [9.17, 15) is 14.7 Å². The Kier molecular flexibility index (Phi) is 10.7. The third-order valence-electron chi connectivity index (χ3n) is 9.81. The number of fused-ring (bicyclic) bond motifs is 2. The van der Waals surface area contributed by atoms with Gasteiger partial charge in [-0.05, 0) is 93.9 Å². The Morgan fingerprint density at radius 1 is 1.03 bits per heavy atom. The molecule has 0 amide bonds. The molecule has 1 aliphatic heterocycles. The van der Waals surface area contributed by atoms with Crippen LogP contribution in [0.5, 0.6) is 0 Å². The van der Waals surface area contributed by atoms with Crippen LogP contribution in [0.1, 0.15) is 84.5 Å². The van der Waals surface area contributed by atoms with Crippen molar-refractivity contribution in [2.24, 2.45) is 41.2 Å². The van der Waals surface area contributed by atoms with Gasteiger partial charge in [-0.15, -0.1) is 0 Å². The highest BCUT2D eigenvalue weighted by Gasteiger charge is 2.42. The molecule has 4 rings (SSSR count). The lowest BCUT2D eigenvalue weighted by molar-refractivity contribution is -0.156. The van der Waals surface area contributed by atoms with E-state index in [1.807, 2.05) is 0 Å². The number of rotatable bonds is 10. The van der Waals surface area contributed by atoms with E-state index in [0.717, 1.165) is 45.1 Å². The number of piperidine rings is 1. The van der Waals surface area contributed by atoms with Gasteiger partial charge in [0.1, 0.15) is 12.2 Å². The van der Waals surface area contributed by atoms with Crippen LogP contribution in [0, 0.1) is 35.5 Å². The van der Waals surface area contributed by atoms with Crippen molar-refractivity contribution in [1.82, 2.24) is 5.32 Å². The Labute approximate surface area is 228 Å². The van der Waals surface area contributed by atoms with Gasteiger partial charge in [0, 0.05) is 33.3 Å². The molecule has 216 valence electrons. The maximum atomic E-state index is 12.1. The highest BCUT2D eigenvalue weighted by atomic mass is 16.6. The Morgan fingerprint density at radius 3 is 2.53 bits per heavy atom. The third kappa shape index (κ3) is 7.80. The number of allylic oxidation sites excluding steroid dienone is 1. The number of nitrogens with two attached hydrogens (primary N) is 1. The number of methoxy groups -OCH3 is 1. The zero-order chi connectivity index (χ0) is 27.2. The van der Waals surface area contributed by atoms with Crippen LogP contribution in [0.3, 0.4) is 0 Å². The SMILES string of the molecule is COC1CC(CCC(CC(OC(C)=O)C2C=CC3CCCC2C3)OC(C)=O)C(C2CCNC(N)C2)CC1O. The van der Waals surface area contributed by atoms with Gasteiger partial charge >= 0.3 is 11.9 Å². The molecule has 0 aromatic rings. The second-order valence-electron chi connectivity index (χ2n) is 12.4. The standard InChI is InChI=1S/C30H50N2O6/c1-18(33)37-24(16-28(38-19(2)34)25-10-7-20-5-4-6-21(25)13-20)9-8-22-14-29(36-3)27(35)17-26(22)23-11-12-32-30(31)15-23/h7,10,20-30,32,35H,4-6,8-9,11-17,31H2,1-3H3. The van der Waals surface area contributed by atoms with Crippen molar-refractivity contribution in [2.75, 3.05) is 13.7 Å². The molecule has 1 saturated heterocycles. The molecule has 8 nitrogen and oxygen atoms in total. The number of ether oxygens (including phenoxy) is 3. The fourth-order valence-electron chi connectivity index (χ4n) is 8.06. The average molecular weight is 535 g/mol. The third-order valence-corrected chi connectivity index (χ3v) is 9.81. The number of aliphatic hydroxyl groups is 1. The normalized spacial score (nSPS) is 38.7. The van der Waals surface area contributed by atoms with Crippen LogP contribution in [0.25, 0.3) is 0 Å². The van der Waals surface area contributed by atoms with Crippen molar-refractivity contribution in [3.63, 3.8) is 0 Å². The van der Waals surface area contributed by atoms with Crippen molar-refractivity contribution in [3.8, 4) is 0 Å². The van der Waals surface area contributed by atoms with E-state index in [0.29, 0.717) is 48.9 Å². The Bertz CT molecular complexity index is 821. The summed E-state index contributed by atoms with van der Waals surface area (Å²) in [7, 11) is 1.67. The summed E-state index contributed by atoms with van der Waals surface area (Å²) in [5.41, 5.74) is 6.24. The van der Waals surface area contributed by atoms with E-state index >= 15 is 0 Å². The van der Waals surface area contributed by atoms with E-state index < -0.39 is 6.10 Å². The van der Waals surface area contributed by atoms with Crippen LogP contribution < -0.4 is 11.1 Å². The first kappa shape index (κ1) is 29.5. The molecule has 3 aliphatic carbocycles. The minimum Gasteiger partial charge on any atom is -0.462 e. The molecule has 2 saturated carbocycles. The van der Waals surface area contributed by atoms with E-state index in [4.69, 9.17) is 19.9 Å². The molecule has 0 radical (unpaired) electrons. The maximum Gasteiger partial charge on any atom is 0.302 e. The summed E-state index contributed by atoms with van der Waals surface area (Å²) >= 11 is 0. The highest BCUT2D eigenvalue weighted by molar-refractivity contribution is 5.66. The summed E-state index contributed by atoms with van der Waals surface area (Å²) in [6, 6.07) is 0. The molecule has 0 spiro atoms. The largest absolute Gasteiger partial charge is 0.462 e. The lowest BCUT2D eigenvalue weighted by Crippen LogP contribution is -2.49. The summed E-state index contributed by atoms with van der Waals surface area (Å²) in [4.78, 5) is 24.2. The summed E-state index contributed by atoms with van der Waals surface area (Å²) in [5, 5.41) is 14.1. The van der Waals surface area contributed by atoms with Crippen LogP contribution in [0.4, 0.5) is 0 Å². The highest BCUT2D eigenvalue weighted by Crippen LogP contribution is 2.44. The van der Waals surface area contributed by atoms with E-state index in [1.165, 1.54) is 26.7 Å². The minimum absolute atomic E-state index is 0.00657. The molecular weight excluding hydrogens is 484 g/mol. The monoisotopic (exact) mass is 534 g/mol. The van der Waals surface area contributed by atoms with Gasteiger partial charge < -0.3 is 30.4 Å². The zero-order valence-corrected chi connectivity index (χ0v) is 23.6. The minimum atomic E-state index is -0.470. The van der Waals surface area contributed by atoms with Crippen molar-refractivity contribution >= 4 is 11.9 Å². The summed E-state index contributed by atoms with van der Waals surface area (Å²) in [5.74, 6) is 1.89. The van der Waals surface area contributed by atoms with Crippen molar-refractivity contribution < 1.29 is 28.9 Å². The van der Waals surface area contributed by atoms with Gasteiger partial charge in [0.15, 0.2) is 0 Å². The van der Waals surface area contributed by atoms with Crippen molar-refractivity contribution in [2.45, 2.75) is 115 Å². The predicted octanol–water partition coefficient (Wildman–Crippen LogP) is 3.70. The number of nitrogens with one attached hydrogen (secondary N) is 1. The molecule has 0 aromatic carbocycles. The van der Waals surface area contributed by atoms with Crippen LogP contribution >= 0.6 is 0 Å². The van der Waals surface area contributed by atoms with Crippen LogP contribution in [-0.4, -0.2) is 61.3 Å². The second kappa shape index (κ2) is 13.7. The summed E-state index contributed by atoms with van der Waals surface area (Å²) < 4.78 is 17.4. The second-order valence-corrected chi connectivity index (χ2v) is 12.4. The molecule has 38 heavy (non-hydrogen) atoms. The molecule has 1 heterocycles. The first-order chi connectivity index (χ1) is 18.2. The average Bonchev–Trinajstić information content (AvgIpc) is 2.87. The van der Waals surface area contributed by atoms with Crippen LogP contribution in [0.15, 0.2) is 12.2 Å². The fourth-order valence-corrected chi connectivity index (χ4v) is 8.06. The smallest absolute Gasteiger partial charge is 0.302 e. The van der Waals surface area contributed by atoms with E-state index in [-0.39, 0.29) is 42.3 Å². The summed E-state index contributed by atoms with van der Waals surface area (Å²) in [6.07, 6.45) is 13.6. The molecule has 3 fully saturated rings. The van der Waals surface area contributed by atoms with Crippen LogP contribution in [-0.2, 0) is 23.8 Å². The topological polar surface area (TPSA) is 120 Å². The lowest BCUT2D eigenvalue weighted by Gasteiger charge is -2.45. The van der Waals surface area contributed by atoms with Gasteiger partial charge in [0.2, 0.25) is 0 Å². The molecule has 4 N–H and O–H groups in total. The number of carbonyl (C=O) groups is 2. The fraction of sp³-hybridized carbons (Fsp3) is 0.867. The zero-order valence-electron chi connectivity index (χ0n) is 23.6. The Hall–Kier alpha value is -1.48. The number of hydrogen-bond acceptors (Lipinski definition) is 8. The quantitative estimate of drug-likeness (QED) is 0.287. The van der Waals surface area contributed by atoms with Gasteiger partial charge in [-0.3, -0.25) is 9.59 Å². The molecule has 11 atom stereocenters. The van der Waals surface area contributed by atoms with Gasteiger partial charge in [-0.1, -0.05) is 18.6 Å². The van der Waals surface area contributed by atoms with E-state index in [2.05, 4.69) is 17.5 Å². The summed E-state index contributed by atoms with van der Waals surface area (Å²) in [6.45, 7) is 3.82. The number of esters is 2. The van der Waals surface area contributed by atoms with Gasteiger partial charge in [0.25, 0.3) is 0 Å². The predicted molar refractivity (Wildman–Crippen MR) is 145 cm³/mol. The van der Waals surface area contributed by atoms with Crippen molar-refractivity contribution in [3.05, 3.63) is 12.2 Å². The molecule has 11 unspecified atom stereocenters. The molecule has 0 aromatic heterocycles. The Morgan fingerprint density at radius 2 is 1.82 bits per heavy atom. The number of hydrogen-bond donors (Lipinski definition) is 3. The molecular formula is C30H50N2O6. The van der Waals surface area contributed by atoms with Gasteiger partial charge in [-0.25, -0.2) is 0 Å². The first-order valence-corrected chi connectivity index (χ1v) is 15.0.